The summed E-state index contributed by atoms with van der Waals surface area (Å²) in [4.78, 5) is 2.29. The van der Waals surface area contributed by atoms with Gasteiger partial charge in [0.1, 0.15) is 0 Å². The molecule has 1 saturated carbocycles. The molecule has 2 aliphatic carbocycles. The summed E-state index contributed by atoms with van der Waals surface area (Å²) in [6, 6.07) is 0. The van der Waals surface area contributed by atoms with E-state index in [2.05, 4.69) is 31.1 Å². The number of allylic oxidation sites excluding steroid dienone is 2. The monoisotopic (exact) mass is 221 g/mol. The molecular formula is C15H27N. The predicted octanol–water partition coefficient (Wildman–Crippen LogP) is 3.71. The van der Waals surface area contributed by atoms with Crippen molar-refractivity contribution in [3.05, 3.63) is 12.2 Å². The van der Waals surface area contributed by atoms with Gasteiger partial charge in [-0.25, -0.2) is 0 Å². The maximum Gasteiger partial charge on any atom is -0.00248 e. The van der Waals surface area contributed by atoms with E-state index in [-0.39, 0.29) is 0 Å². The molecule has 0 spiro atoms. The summed E-state index contributed by atoms with van der Waals surface area (Å²) < 4.78 is 0. The third kappa shape index (κ3) is 3.35. The first-order valence-electron chi connectivity index (χ1n) is 7.09. The van der Waals surface area contributed by atoms with E-state index in [0.717, 1.165) is 17.8 Å². The van der Waals surface area contributed by atoms with Gasteiger partial charge in [0, 0.05) is 0 Å². The van der Waals surface area contributed by atoms with Crippen molar-refractivity contribution in [1.82, 2.24) is 4.90 Å². The van der Waals surface area contributed by atoms with Crippen LogP contribution < -0.4 is 0 Å². The fourth-order valence-corrected chi connectivity index (χ4v) is 3.41. The topological polar surface area (TPSA) is 3.24 Å². The summed E-state index contributed by atoms with van der Waals surface area (Å²) >= 11 is 0. The second-order valence-corrected chi connectivity index (χ2v) is 6.05. The summed E-state index contributed by atoms with van der Waals surface area (Å²) in [5.74, 6) is 2.97. The molecule has 92 valence electrons. The number of hydrogen-bond acceptors (Lipinski definition) is 1. The largest absolute Gasteiger partial charge is 0.309 e. The lowest BCUT2D eigenvalue weighted by molar-refractivity contribution is 0.373. The molecule has 0 aliphatic heterocycles. The van der Waals surface area contributed by atoms with Gasteiger partial charge in [-0.1, -0.05) is 31.4 Å². The Bertz CT molecular complexity index is 232. The van der Waals surface area contributed by atoms with Crippen LogP contribution in [0.25, 0.3) is 0 Å². The van der Waals surface area contributed by atoms with Crippen molar-refractivity contribution < 1.29 is 0 Å². The zero-order chi connectivity index (χ0) is 11.4. The van der Waals surface area contributed by atoms with Crippen LogP contribution in [0, 0.1) is 17.8 Å². The van der Waals surface area contributed by atoms with Gasteiger partial charge in [-0.15, -0.1) is 0 Å². The van der Waals surface area contributed by atoms with Crippen LogP contribution in [0.1, 0.15) is 44.9 Å². The quantitative estimate of drug-likeness (QED) is 0.468. The number of nitrogens with zero attached hydrogens (tertiary/aromatic N) is 1. The van der Waals surface area contributed by atoms with E-state index in [1.807, 2.05) is 0 Å². The molecule has 0 aromatic rings. The summed E-state index contributed by atoms with van der Waals surface area (Å²) in [5, 5.41) is 0. The molecule has 0 aromatic carbocycles. The molecule has 0 amide bonds. The molecule has 1 fully saturated rings. The van der Waals surface area contributed by atoms with Gasteiger partial charge in [0.2, 0.25) is 0 Å². The van der Waals surface area contributed by atoms with E-state index in [0.29, 0.717) is 0 Å². The molecule has 0 heterocycles. The van der Waals surface area contributed by atoms with Gasteiger partial charge in [-0.3, -0.25) is 0 Å². The van der Waals surface area contributed by atoms with E-state index in [1.165, 1.54) is 51.5 Å². The van der Waals surface area contributed by atoms with Crippen LogP contribution >= 0.6 is 0 Å². The van der Waals surface area contributed by atoms with Crippen LogP contribution in [-0.2, 0) is 0 Å². The average molecular weight is 221 g/mol. The van der Waals surface area contributed by atoms with Gasteiger partial charge in [0.05, 0.1) is 0 Å². The minimum atomic E-state index is 0.962. The summed E-state index contributed by atoms with van der Waals surface area (Å²) in [7, 11) is 4.34. The first-order valence-corrected chi connectivity index (χ1v) is 7.09. The summed E-state index contributed by atoms with van der Waals surface area (Å²) in [6.45, 7) is 1.26. The molecule has 0 saturated heterocycles. The Morgan fingerprint density at radius 2 is 1.81 bits per heavy atom. The third-order valence-corrected chi connectivity index (χ3v) is 4.35. The number of hydrogen-bond donors (Lipinski definition) is 0. The van der Waals surface area contributed by atoms with E-state index in [1.54, 1.807) is 0 Å². The van der Waals surface area contributed by atoms with Crippen LogP contribution in [-0.4, -0.2) is 25.5 Å². The van der Waals surface area contributed by atoms with Crippen LogP contribution in [0.5, 0.6) is 0 Å². The highest BCUT2D eigenvalue weighted by atomic mass is 15.0. The Balaban J connectivity index is 1.48. The summed E-state index contributed by atoms with van der Waals surface area (Å²) in [5.41, 5.74) is 0. The van der Waals surface area contributed by atoms with Gasteiger partial charge in [-0.2, -0.15) is 0 Å². The molecule has 2 rings (SSSR count). The predicted molar refractivity (Wildman–Crippen MR) is 70.5 cm³/mol. The molecular weight excluding hydrogens is 194 g/mol. The molecule has 0 N–H and O–H groups in total. The van der Waals surface area contributed by atoms with E-state index in [4.69, 9.17) is 0 Å². The lowest BCUT2D eigenvalue weighted by Gasteiger charge is -2.17. The zero-order valence-corrected chi connectivity index (χ0v) is 11.0. The highest BCUT2D eigenvalue weighted by Crippen LogP contribution is 2.45. The highest BCUT2D eigenvalue weighted by molar-refractivity contribution is 5.09. The maximum absolute atomic E-state index is 2.49. The molecule has 3 atom stereocenters. The highest BCUT2D eigenvalue weighted by Gasteiger charge is 2.34. The van der Waals surface area contributed by atoms with Gasteiger partial charge in [0.25, 0.3) is 0 Å². The molecule has 1 heteroatoms. The minimum Gasteiger partial charge on any atom is -0.309 e. The normalized spacial score (nSPS) is 31.8. The number of unbranched alkanes of at least 4 members (excludes halogenated alkanes) is 3. The average Bonchev–Trinajstić information content (AvgIpc) is 2.84. The molecule has 0 aromatic heterocycles. The first-order chi connectivity index (χ1) is 7.75. The van der Waals surface area contributed by atoms with E-state index < -0.39 is 0 Å². The molecule has 16 heavy (non-hydrogen) atoms. The molecule has 3 unspecified atom stereocenters. The van der Waals surface area contributed by atoms with E-state index in [9.17, 15) is 0 Å². The van der Waals surface area contributed by atoms with Crippen molar-refractivity contribution in [3.8, 4) is 0 Å². The maximum atomic E-state index is 2.49. The Morgan fingerprint density at radius 3 is 2.44 bits per heavy atom. The second kappa shape index (κ2) is 5.86. The first kappa shape index (κ1) is 12.2. The Hall–Kier alpha value is -0.300. The van der Waals surface area contributed by atoms with Crippen molar-refractivity contribution in [1.29, 1.82) is 0 Å². The van der Waals surface area contributed by atoms with Gasteiger partial charge >= 0.3 is 0 Å². The van der Waals surface area contributed by atoms with Crippen molar-refractivity contribution >= 4 is 0 Å². The lowest BCUT2D eigenvalue weighted by atomic mass is 9.88. The van der Waals surface area contributed by atoms with Crippen molar-refractivity contribution in [3.63, 3.8) is 0 Å². The minimum absolute atomic E-state index is 0.962. The fourth-order valence-electron chi connectivity index (χ4n) is 3.41. The second-order valence-electron chi connectivity index (χ2n) is 6.05. The molecule has 0 radical (unpaired) electrons. The molecule has 2 bridgehead atoms. The van der Waals surface area contributed by atoms with E-state index >= 15 is 0 Å². The van der Waals surface area contributed by atoms with Crippen LogP contribution in [0.3, 0.4) is 0 Å². The smallest absolute Gasteiger partial charge is 0.00248 e. The van der Waals surface area contributed by atoms with Gasteiger partial charge in [-0.05, 0) is 64.1 Å². The fraction of sp³-hybridized carbons (Fsp3) is 0.867. The number of fused-ring (bicyclic) bond motifs is 2. The van der Waals surface area contributed by atoms with Crippen LogP contribution in [0.4, 0.5) is 0 Å². The van der Waals surface area contributed by atoms with Crippen LogP contribution in [0.15, 0.2) is 12.2 Å². The zero-order valence-electron chi connectivity index (χ0n) is 11.0. The van der Waals surface area contributed by atoms with Gasteiger partial charge < -0.3 is 4.90 Å². The van der Waals surface area contributed by atoms with Crippen molar-refractivity contribution in [2.24, 2.45) is 17.8 Å². The third-order valence-electron chi connectivity index (χ3n) is 4.35. The lowest BCUT2D eigenvalue weighted by Crippen LogP contribution is -2.12. The Kier molecular flexibility index (Phi) is 4.45. The Labute approximate surface area is 101 Å². The summed E-state index contributed by atoms with van der Waals surface area (Å²) in [6.07, 6.45) is 15.1. The number of rotatable bonds is 7. The van der Waals surface area contributed by atoms with Crippen molar-refractivity contribution in [2.75, 3.05) is 20.6 Å². The molecule has 2 aliphatic rings. The van der Waals surface area contributed by atoms with Crippen LogP contribution in [0.2, 0.25) is 0 Å². The molecule has 1 nitrogen and oxygen atoms in total. The Morgan fingerprint density at radius 1 is 1.00 bits per heavy atom. The van der Waals surface area contributed by atoms with Gasteiger partial charge in [0.15, 0.2) is 0 Å². The SMILES string of the molecule is CN(C)CCCCCCC1CC2C=CC1C2. The van der Waals surface area contributed by atoms with Crippen molar-refractivity contribution in [2.45, 2.75) is 44.9 Å². The standard InChI is InChI=1S/C15H27N/c1-16(2)10-6-4-3-5-7-14-11-13-8-9-15(14)12-13/h8-9,13-15H,3-7,10-12H2,1-2H3.